The summed E-state index contributed by atoms with van der Waals surface area (Å²) < 4.78 is 5.29. The Bertz CT molecular complexity index is 175. The Labute approximate surface area is 85.4 Å². The van der Waals surface area contributed by atoms with E-state index >= 15 is 0 Å². The van der Waals surface area contributed by atoms with E-state index in [4.69, 9.17) is 15.6 Å². The smallest absolute Gasteiger partial charge is 0.320 e. The minimum absolute atomic E-state index is 0.259. The van der Waals surface area contributed by atoms with Crippen LogP contribution in [0.4, 0.5) is 0 Å². The highest BCUT2D eigenvalue weighted by Crippen LogP contribution is 2.17. The zero-order chi connectivity index (χ0) is 11.2. The largest absolute Gasteiger partial charge is 0.480 e. The molecule has 0 aliphatic rings. The number of carbonyl (C=O) groups is 1. The van der Waals surface area contributed by atoms with Crippen LogP contribution in [-0.4, -0.2) is 30.3 Å². The minimum atomic E-state index is -0.968. The van der Waals surface area contributed by atoms with Crippen molar-refractivity contribution in [3.63, 3.8) is 0 Å². The summed E-state index contributed by atoms with van der Waals surface area (Å²) >= 11 is 0. The van der Waals surface area contributed by atoms with Crippen molar-refractivity contribution in [2.45, 2.75) is 39.7 Å². The second-order valence-corrected chi connectivity index (χ2v) is 4.66. The fourth-order valence-corrected chi connectivity index (χ4v) is 0.814. The fourth-order valence-electron chi connectivity index (χ4n) is 0.814. The van der Waals surface area contributed by atoms with Gasteiger partial charge in [0.2, 0.25) is 0 Å². The molecule has 4 nitrogen and oxygen atoms in total. The van der Waals surface area contributed by atoms with Crippen LogP contribution in [0.5, 0.6) is 0 Å². The lowest BCUT2D eigenvalue weighted by atomic mass is 9.93. The van der Waals surface area contributed by atoms with Gasteiger partial charge in [0.05, 0.1) is 0 Å². The third-order valence-electron chi connectivity index (χ3n) is 1.89. The number of carboxylic acid groups (broad SMARTS) is 1. The lowest BCUT2D eigenvalue weighted by molar-refractivity contribution is -0.139. The molecule has 0 heterocycles. The summed E-state index contributed by atoms with van der Waals surface area (Å²) in [5.41, 5.74) is 5.56. The SMILES string of the molecule is CC(C)(C)CCOCCC(N)C(=O)O. The Balaban J connectivity index is 3.35. The summed E-state index contributed by atoms with van der Waals surface area (Å²) in [5, 5.41) is 8.49. The molecule has 14 heavy (non-hydrogen) atoms. The van der Waals surface area contributed by atoms with Crippen LogP contribution in [0.25, 0.3) is 0 Å². The van der Waals surface area contributed by atoms with Gasteiger partial charge in [-0.05, 0) is 18.3 Å². The number of ether oxygens (including phenoxy) is 1. The molecule has 0 aromatic rings. The minimum Gasteiger partial charge on any atom is -0.480 e. The molecule has 0 radical (unpaired) electrons. The maximum absolute atomic E-state index is 10.3. The van der Waals surface area contributed by atoms with Crippen molar-refractivity contribution < 1.29 is 14.6 Å². The Morgan fingerprint density at radius 1 is 1.43 bits per heavy atom. The van der Waals surface area contributed by atoms with Crippen molar-refractivity contribution in [2.24, 2.45) is 11.1 Å². The Morgan fingerprint density at radius 2 is 2.00 bits per heavy atom. The van der Waals surface area contributed by atoms with Gasteiger partial charge < -0.3 is 15.6 Å². The molecule has 84 valence electrons. The van der Waals surface area contributed by atoms with E-state index in [0.717, 1.165) is 6.42 Å². The van der Waals surface area contributed by atoms with Crippen LogP contribution in [0.2, 0.25) is 0 Å². The van der Waals surface area contributed by atoms with E-state index < -0.39 is 12.0 Å². The van der Waals surface area contributed by atoms with Crippen molar-refractivity contribution in [1.82, 2.24) is 0 Å². The van der Waals surface area contributed by atoms with Crippen LogP contribution in [0.3, 0.4) is 0 Å². The summed E-state index contributed by atoms with van der Waals surface area (Å²) in [7, 11) is 0. The van der Waals surface area contributed by atoms with Gasteiger partial charge in [-0.2, -0.15) is 0 Å². The molecule has 0 fully saturated rings. The quantitative estimate of drug-likeness (QED) is 0.637. The van der Waals surface area contributed by atoms with Crippen LogP contribution in [0, 0.1) is 5.41 Å². The monoisotopic (exact) mass is 203 g/mol. The molecule has 4 heteroatoms. The summed E-state index contributed by atoms with van der Waals surface area (Å²) in [5.74, 6) is -0.968. The van der Waals surface area contributed by atoms with Crippen molar-refractivity contribution in [1.29, 1.82) is 0 Å². The lowest BCUT2D eigenvalue weighted by Gasteiger charge is -2.17. The number of rotatable bonds is 6. The molecule has 0 amide bonds. The molecule has 0 aliphatic carbocycles. The molecule has 0 aromatic heterocycles. The lowest BCUT2D eigenvalue weighted by Crippen LogP contribution is -2.31. The van der Waals surface area contributed by atoms with Crippen LogP contribution < -0.4 is 5.73 Å². The molecular weight excluding hydrogens is 182 g/mol. The second-order valence-electron chi connectivity index (χ2n) is 4.66. The van der Waals surface area contributed by atoms with Crippen molar-refractivity contribution in [3.05, 3.63) is 0 Å². The molecule has 0 aromatic carbocycles. The van der Waals surface area contributed by atoms with Gasteiger partial charge in [0, 0.05) is 13.2 Å². The molecule has 0 rings (SSSR count). The number of hydrogen-bond donors (Lipinski definition) is 2. The van der Waals surface area contributed by atoms with Gasteiger partial charge in [-0.3, -0.25) is 4.79 Å². The zero-order valence-electron chi connectivity index (χ0n) is 9.25. The molecular formula is C10H21NO3. The molecule has 1 atom stereocenters. The normalized spacial score (nSPS) is 14.0. The highest BCUT2D eigenvalue weighted by Gasteiger charge is 2.12. The average molecular weight is 203 g/mol. The predicted molar refractivity (Wildman–Crippen MR) is 55.1 cm³/mol. The first-order chi connectivity index (χ1) is 6.33. The molecule has 0 saturated carbocycles. The van der Waals surface area contributed by atoms with Gasteiger partial charge >= 0.3 is 5.97 Å². The number of carboxylic acids is 1. The Morgan fingerprint density at radius 3 is 2.43 bits per heavy atom. The topological polar surface area (TPSA) is 72.5 Å². The van der Waals surface area contributed by atoms with Gasteiger partial charge in [-0.1, -0.05) is 20.8 Å². The van der Waals surface area contributed by atoms with E-state index in [1.54, 1.807) is 0 Å². The molecule has 1 unspecified atom stereocenters. The summed E-state index contributed by atoms with van der Waals surface area (Å²) in [6.07, 6.45) is 1.34. The van der Waals surface area contributed by atoms with E-state index in [1.165, 1.54) is 0 Å². The van der Waals surface area contributed by atoms with E-state index in [-0.39, 0.29) is 5.41 Å². The average Bonchev–Trinajstić information content (AvgIpc) is 2.01. The van der Waals surface area contributed by atoms with Crippen molar-refractivity contribution >= 4 is 5.97 Å². The first-order valence-corrected chi connectivity index (χ1v) is 4.89. The zero-order valence-corrected chi connectivity index (χ0v) is 9.25. The number of hydrogen-bond acceptors (Lipinski definition) is 3. The summed E-state index contributed by atoms with van der Waals surface area (Å²) in [6.45, 7) is 7.50. The van der Waals surface area contributed by atoms with E-state index in [9.17, 15) is 4.79 Å². The maximum Gasteiger partial charge on any atom is 0.320 e. The standard InChI is InChI=1S/C10H21NO3/c1-10(2,3)5-7-14-6-4-8(11)9(12)13/h8H,4-7,11H2,1-3H3,(H,12,13). The number of nitrogens with two attached hydrogens (primary N) is 1. The first-order valence-electron chi connectivity index (χ1n) is 4.89. The maximum atomic E-state index is 10.3. The van der Waals surface area contributed by atoms with Crippen molar-refractivity contribution in [2.75, 3.05) is 13.2 Å². The van der Waals surface area contributed by atoms with Gasteiger partial charge in [0.25, 0.3) is 0 Å². The summed E-state index contributed by atoms with van der Waals surface area (Å²) in [4.78, 5) is 10.3. The van der Waals surface area contributed by atoms with Gasteiger partial charge in [-0.15, -0.1) is 0 Å². The Hall–Kier alpha value is -0.610. The van der Waals surface area contributed by atoms with Gasteiger partial charge in [0.15, 0.2) is 0 Å². The third kappa shape index (κ3) is 8.01. The van der Waals surface area contributed by atoms with E-state index in [0.29, 0.717) is 19.6 Å². The van der Waals surface area contributed by atoms with Gasteiger partial charge in [0.1, 0.15) is 6.04 Å². The molecule has 0 saturated heterocycles. The highest BCUT2D eigenvalue weighted by molar-refractivity contribution is 5.72. The van der Waals surface area contributed by atoms with Crippen LogP contribution in [0.15, 0.2) is 0 Å². The molecule has 0 bridgehead atoms. The highest BCUT2D eigenvalue weighted by atomic mass is 16.5. The van der Waals surface area contributed by atoms with Gasteiger partial charge in [-0.25, -0.2) is 0 Å². The Kier molecular flexibility index (Phi) is 5.72. The third-order valence-corrected chi connectivity index (χ3v) is 1.89. The van der Waals surface area contributed by atoms with Crippen molar-refractivity contribution in [3.8, 4) is 0 Å². The van der Waals surface area contributed by atoms with E-state index in [2.05, 4.69) is 20.8 Å². The van der Waals surface area contributed by atoms with Crippen LogP contribution >= 0.6 is 0 Å². The van der Waals surface area contributed by atoms with E-state index in [1.807, 2.05) is 0 Å². The molecule has 0 spiro atoms. The number of aliphatic carboxylic acids is 1. The summed E-state index contributed by atoms with van der Waals surface area (Å²) in [6, 6.07) is -0.801. The fraction of sp³-hybridized carbons (Fsp3) is 0.900. The second kappa shape index (κ2) is 5.98. The van der Waals surface area contributed by atoms with Crippen LogP contribution in [0.1, 0.15) is 33.6 Å². The van der Waals surface area contributed by atoms with Crippen LogP contribution in [-0.2, 0) is 9.53 Å². The molecule has 0 aliphatic heterocycles. The first kappa shape index (κ1) is 13.4. The molecule has 3 N–H and O–H groups in total. The predicted octanol–water partition coefficient (Wildman–Crippen LogP) is 1.24.